The lowest BCUT2D eigenvalue weighted by atomic mass is 10.1. The monoisotopic (exact) mass is 602 g/mol. The first-order valence-corrected chi connectivity index (χ1v) is 14.2. The Morgan fingerprint density at radius 2 is 1.51 bits per heavy atom. The van der Waals surface area contributed by atoms with Crippen LogP contribution in [0.1, 0.15) is 21.6 Å². The molecule has 0 atom stereocenters. The predicted molar refractivity (Wildman–Crippen MR) is 156 cm³/mol. The standard InChI is InChI=1S/C29H23BrN4O4S/c1-19-17-23(15-16-26(19)39(37,38)33-22-13-11-21(30)12-14-22)31-28(35)27-24-9-5-6-10-25(24)29(36)34(32-27)18-20-7-3-2-4-8-20/h2-17,33H,18H2,1H3,(H,31,35). The molecule has 0 fully saturated rings. The average Bonchev–Trinajstić information content (AvgIpc) is 2.92. The van der Waals surface area contributed by atoms with Crippen molar-refractivity contribution in [1.82, 2.24) is 9.78 Å². The molecule has 2 N–H and O–H groups in total. The van der Waals surface area contributed by atoms with Gasteiger partial charge in [-0.15, -0.1) is 0 Å². The minimum absolute atomic E-state index is 0.0865. The van der Waals surface area contributed by atoms with Crippen LogP contribution in [0, 0.1) is 6.92 Å². The van der Waals surface area contributed by atoms with Crippen molar-refractivity contribution in [2.24, 2.45) is 0 Å². The molecule has 5 rings (SSSR count). The van der Waals surface area contributed by atoms with E-state index in [4.69, 9.17) is 0 Å². The molecule has 10 heteroatoms. The summed E-state index contributed by atoms with van der Waals surface area (Å²) in [4.78, 5) is 26.6. The van der Waals surface area contributed by atoms with Crippen LogP contribution in [0.25, 0.3) is 10.8 Å². The second kappa shape index (κ2) is 10.8. The molecule has 1 heterocycles. The highest BCUT2D eigenvalue weighted by Gasteiger charge is 2.20. The highest BCUT2D eigenvalue weighted by molar-refractivity contribution is 9.10. The number of halogens is 1. The Morgan fingerprint density at radius 3 is 2.21 bits per heavy atom. The third-order valence-electron chi connectivity index (χ3n) is 6.08. The number of nitrogens with one attached hydrogen (secondary N) is 2. The predicted octanol–water partition coefficient (Wildman–Crippen LogP) is 5.57. The van der Waals surface area contributed by atoms with Gasteiger partial charge in [-0.1, -0.05) is 64.5 Å². The largest absolute Gasteiger partial charge is 0.321 e. The summed E-state index contributed by atoms with van der Waals surface area (Å²) in [5, 5.41) is 8.02. The van der Waals surface area contributed by atoms with E-state index in [1.165, 1.54) is 16.8 Å². The molecular formula is C29H23BrN4O4S. The third kappa shape index (κ3) is 5.76. The van der Waals surface area contributed by atoms with Crippen LogP contribution in [0.15, 0.2) is 111 Å². The Kier molecular flexibility index (Phi) is 7.32. The summed E-state index contributed by atoms with van der Waals surface area (Å²) in [7, 11) is -3.85. The van der Waals surface area contributed by atoms with Crippen molar-refractivity contribution in [3.63, 3.8) is 0 Å². The van der Waals surface area contributed by atoms with E-state index >= 15 is 0 Å². The zero-order valence-electron chi connectivity index (χ0n) is 20.8. The summed E-state index contributed by atoms with van der Waals surface area (Å²) in [6, 6.07) is 27.5. The van der Waals surface area contributed by atoms with E-state index in [0.717, 1.165) is 10.0 Å². The van der Waals surface area contributed by atoms with Gasteiger partial charge >= 0.3 is 0 Å². The van der Waals surface area contributed by atoms with Gasteiger partial charge in [-0.25, -0.2) is 13.1 Å². The molecule has 0 aliphatic heterocycles. The fourth-order valence-corrected chi connectivity index (χ4v) is 5.76. The van der Waals surface area contributed by atoms with Gasteiger partial charge in [0.25, 0.3) is 21.5 Å². The van der Waals surface area contributed by atoms with E-state index in [-0.39, 0.29) is 22.7 Å². The van der Waals surface area contributed by atoms with Crippen LogP contribution in [0.2, 0.25) is 0 Å². The maximum Gasteiger partial charge on any atom is 0.276 e. The minimum atomic E-state index is -3.85. The van der Waals surface area contributed by atoms with Gasteiger partial charge in [0.2, 0.25) is 0 Å². The number of aryl methyl sites for hydroxylation is 1. The van der Waals surface area contributed by atoms with E-state index in [2.05, 4.69) is 31.1 Å². The molecule has 0 aliphatic carbocycles. The zero-order chi connectivity index (χ0) is 27.6. The lowest BCUT2D eigenvalue weighted by molar-refractivity contribution is 0.102. The van der Waals surface area contributed by atoms with Crippen molar-refractivity contribution in [2.75, 3.05) is 10.0 Å². The highest BCUT2D eigenvalue weighted by atomic mass is 79.9. The molecule has 4 aromatic carbocycles. The normalized spacial score (nSPS) is 11.3. The number of carbonyl (C=O) groups excluding carboxylic acids is 1. The Bertz CT molecular complexity index is 1860. The van der Waals surface area contributed by atoms with Crippen LogP contribution in [0.3, 0.4) is 0 Å². The molecule has 1 amide bonds. The van der Waals surface area contributed by atoms with Gasteiger partial charge in [-0.2, -0.15) is 5.10 Å². The summed E-state index contributed by atoms with van der Waals surface area (Å²) in [6.45, 7) is 1.86. The molecule has 8 nitrogen and oxygen atoms in total. The van der Waals surface area contributed by atoms with E-state index in [1.54, 1.807) is 61.5 Å². The van der Waals surface area contributed by atoms with Gasteiger partial charge in [0.05, 0.1) is 16.8 Å². The van der Waals surface area contributed by atoms with E-state index in [1.807, 2.05) is 30.3 Å². The number of rotatable bonds is 7. The van der Waals surface area contributed by atoms with Crippen LogP contribution in [0.4, 0.5) is 11.4 Å². The first-order chi connectivity index (χ1) is 18.7. The number of amides is 1. The Balaban J connectivity index is 1.44. The molecule has 0 aliphatic rings. The molecule has 0 radical (unpaired) electrons. The molecular weight excluding hydrogens is 580 g/mol. The van der Waals surface area contributed by atoms with Gasteiger partial charge in [0, 0.05) is 21.2 Å². The summed E-state index contributed by atoms with van der Waals surface area (Å²) in [6.07, 6.45) is 0. The van der Waals surface area contributed by atoms with Gasteiger partial charge in [0.15, 0.2) is 5.69 Å². The molecule has 196 valence electrons. The number of hydrogen-bond donors (Lipinski definition) is 2. The number of sulfonamides is 1. The van der Waals surface area contributed by atoms with Crippen molar-refractivity contribution in [3.8, 4) is 0 Å². The van der Waals surface area contributed by atoms with E-state index < -0.39 is 15.9 Å². The van der Waals surface area contributed by atoms with Crippen molar-refractivity contribution in [1.29, 1.82) is 0 Å². The number of aromatic nitrogens is 2. The second-order valence-corrected chi connectivity index (χ2v) is 11.5. The van der Waals surface area contributed by atoms with Crippen molar-refractivity contribution in [2.45, 2.75) is 18.4 Å². The lowest BCUT2D eigenvalue weighted by Gasteiger charge is -2.14. The number of nitrogens with zero attached hydrogens (tertiary/aromatic N) is 2. The molecule has 0 saturated heterocycles. The maximum absolute atomic E-state index is 13.4. The number of hydrogen-bond acceptors (Lipinski definition) is 5. The summed E-state index contributed by atoms with van der Waals surface area (Å²) < 4.78 is 30.6. The summed E-state index contributed by atoms with van der Waals surface area (Å²) in [5.41, 5.74) is 1.94. The molecule has 1 aromatic heterocycles. The molecule has 39 heavy (non-hydrogen) atoms. The van der Waals surface area contributed by atoms with Crippen molar-refractivity contribution < 1.29 is 13.2 Å². The highest BCUT2D eigenvalue weighted by Crippen LogP contribution is 2.24. The van der Waals surface area contributed by atoms with Crippen LogP contribution < -0.4 is 15.6 Å². The van der Waals surface area contributed by atoms with E-state index in [9.17, 15) is 18.0 Å². The number of anilines is 2. The molecule has 0 unspecified atom stereocenters. The number of benzene rings is 4. The van der Waals surface area contributed by atoms with Gasteiger partial charge in [-0.05, 0) is 66.6 Å². The zero-order valence-corrected chi connectivity index (χ0v) is 23.2. The van der Waals surface area contributed by atoms with Gasteiger partial charge < -0.3 is 5.32 Å². The molecule has 0 saturated carbocycles. The maximum atomic E-state index is 13.4. The van der Waals surface area contributed by atoms with Crippen LogP contribution in [0.5, 0.6) is 0 Å². The Hall–Kier alpha value is -4.28. The molecule has 0 spiro atoms. The van der Waals surface area contributed by atoms with Crippen molar-refractivity contribution >= 4 is 54.0 Å². The fourth-order valence-electron chi connectivity index (χ4n) is 4.21. The average molecular weight is 603 g/mol. The van der Waals surface area contributed by atoms with E-state index in [0.29, 0.717) is 27.7 Å². The minimum Gasteiger partial charge on any atom is -0.321 e. The number of fused-ring (bicyclic) bond motifs is 1. The third-order valence-corrected chi connectivity index (χ3v) is 8.15. The van der Waals surface area contributed by atoms with Crippen LogP contribution in [-0.4, -0.2) is 24.1 Å². The summed E-state index contributed by atoms with van der Waals surface area (Å²) in [5.74, 6) is -0.518. The van der Waals surface area contributed by atoms with Crippen LogP contribution >= 0.6 is 15.9 Å². The summed E-state index contributed by atoms with van der Waals surface area (Å²) >= 11 is 3.33. The Morgan fingerprint density at radius 1 is 0.872 bits per heavy atom. The topological polar surface area (TPSA) is 110 Å². The second-order valence-electron chi connectivity index (χ2n) is 8.89. The smallest absolute Gasteiger partial charge is 0.276 e. The molecule has 0 bridgehead atoms. The lowest BCUT2D eigenvalue weighted by Crippen LogP contribution is -2.28. The first kappa shape index (κ1) is 26.3. The quantitative estimate of drug-likeness (QED) is 0.253. The van der Waals surface area contributed by atoms with Crippen LogP contribution in [-0.2, 0) is 16.6 Å². The first-order valence-electron chi connectivity index (χ1n) is 12.0. The molecule has 5 aromatic rings. The SMILES string of the molecule is Cc1cc(NC(=O)c2nn(Cc3ccccc3)c(=O)c3ccccc23)ccc1S(=O)(=O)Nc1ccc(Br)cc1. The Labute approximate surface area is 233 Å². The van der Waals surface area contributed by atoms with Gasteiger partial charge in [-0.3, -0.25) is 14.3 Å². The van der Waals surface area contributed by atoms with Crippen molar-refractivity contribution in [3.05, 3.63) is 129 Å². The fraction of sp³-hybridized carbons (Fsp3) is 0.0690. The number of carbonyl (C=O) groups is 1. The van der Waals surface area contributed by atoms with Gasteiger partial charge in [0.1, 0.15) is 0 Å².